The van der Waals surface area contributed by atoms with E-state index in [1.165, 1.54) is 31.4 Å². The maximum Gasteiger partial charge on any atom is 0.363 e. The van der Waals surface area contributed by atoms with Crippen LogP contribution in [0.5, 0.6) is 11.5 Å². The van der Waals surface area contributed by atoms with Crippen molar-refractivity contribution in [2.45, 2.75) is 6.92 Å². The summed E-state index contributed by atoms with van der Waals surface area (Å²) in [5.74, 6) is -1.37. The van der Waals surface area contributed by atoms with Crippen LogP contribution in [0.25, 0.3) is 6.08 Å². The lowest BCUT2D eigenvalue weighted by atomic mass is 10.1. The number of cyclic esters (lactones) is 1. The third-order valence-corrected chi connectivity index (χ3v) is 3.89. The average Bonchev–Trinajstić information content (AvgIpc) is 3.07. The molecule has 0 amide bonds. The summed E-state index contributed by atoms with van der Waals surface area (Å²) < 4.78 is 34.7. The van der Waals surface area contributed by atoms with Gasteiger partial charge in [-0.05, 0) is 31.2 Å². The number of aliphatic imine (C=N–C) groups is 1. The van der Waals surface area contributed by atoms with Crippen molar-refractivity contribution in [3.8, 4) is 11.5 Å². The molecule has 0 bridgehead atoms. The molecule has 0 radical (unpaired) electrons. The number of rotatable bonds is 7. The van der Waals surface area contributed by atoms with Crippen LogP contribution >= 0.6 is 0 Å². The molecule has 0 saturated heterocycles. The summed E-state index contributed by atoms with van der Waals surface area (Å²) in [6.07, 6.45) is 1.42. The zero-order valence-electron chi connectivity index (χ0n) is 15.8. The number of carbonyl (C=O) groups is 2. The highest BCUT2D eigenvalue weighted by molar-refractivity contribution is 6.13. The molecular weight excluding hydrogens is 381 g/mol. The van der Waals surface area contributed by atoms with Crippen LogP contribution in [0.3, 0.4) is 0 Å². The summed E-state index contributed by atoms with van der Waals surface area (Å²) in [6, 6.07) is 10.8. The molecule has 7 nitrogen and oxygen atoms in total. The molecule has 0 unspecified atom stereocenters. The van der Waals surface area contributed by atoms with Crippen molar-refractivity contribution in [3.05, 3.63) is 65.1 Å². The van der Waals surface area contributed by atoms with Crippen molar-refractivity contribution < 1.29 is 32.9 Å². The molecule has 2 aromatic rings. The Labute approximate surface area is 166 Å². The van der Waals surface area contributed by atoms with E-state index in [-0.39, 0.29) is 36.1 Å². The Kier molecular flexibility index (Phi) is 6.23. The van der Waals surface area contributed by atoms with Crippen molar-refractivity contribution in [3.63, 3.8) is 0 Å². The summed E-state index contributed by atoms with van der Waals surface area (Å²) in [5.41, 5.74) is 0.463. The summed E-state index contributed by atoms with van der Waals surface area (Å²) in [5, 5.41) is 0. The Morgan fingerprint density at radius 2 is 2.00 bits per heavy atom. The molecule has 0 N–H and O–H groups in total. The van der Waals surface area contributed by atoms with Crippen molar-refractivity contribution in [2.75, 3.05) is 20.3 Å². The minimum absolute atomic E-state index is 0.0440. The maximum absolute atomic E-state index is 14.0. The molecule has 150 valence electrons. The molecule has 0 spiro atoms. The van der Waals surface area contributed by atoms with E-state index >= 15 is 0 Å². The zero-order chi connectivity index (χ0) is 20.8. The fraction of sp³-hybridized carbons (Fsp3) is 0.190. The van der Waals surface area contributed by atoms with Crippen molar-refractivity contribution >= 4 is 23.9 Å². The number of benzene rings is 2. The first kappa shape index (κ1) is 20.1. The van der Waals surface area contributed by atoms with Gasteiger partial charge in [0.15, 0.2) is 23.8 Å². The minimum atomic E-state index is -0.734. The highest BCUT2D eigenvalue weighted by atomic mass is 19.1. The van der Waals surface area contributed by atoms with Gasteiger partial charge in [0.05, 0.1) is 19.3 Å². The van der Waals surface area contributed by atoms with E-state index in [0.29, 0.717) is 11.3 Å². The van der Waals surface area contributed by atoms with Gasteiger partial charge in [-0.1, -0.05) is 24.3 Å². The Morgan fingerprint density at radius 1 is 1.21 bits per heavy atom. The second-order valence-corrected chi connectivity index (χ2v) is 5.79. The normalized spacial score (nSPS) is 14.4. The van der Waals surface area contributed by atoms with Crippen molar-refractivity contribution in [1.29, 1.82) is 0 Å². The van der Waals surface area contributed by atoms with Gasteiger partial charge in [0.25, 0.3) is 0 Å². The number of para-hydroxylation sites is 1. The van der Waals surface area contributed by atoms with Crippen molar-refractivity contribution in [1.82, 2.24) is 0 Å². The zero-order valence-corrected chi connectivity index (χ0v) is 15.8. The lowest BCUT2D eigenvalue weighted by molar-refractivity contribution is -0.145. The highest BCUT2D eigenvalue weighted by Gasteiger charge is 2.26. The van der Waals surface area contributed by atoms with E-state index in [1.54, 1.807) is 31.2 Å². The molecule has 0 atom stereocenters. The van der Waals surface area contributed by atoms with Crippen LogP contribution in [0.1, 0.15) is 18.1 Å². The fourth-order valence-corrected chi connectivity index (χ4v) is 2.60. The highest BCUT2D eigenvalue weighted by Crippen LogP contribution is 2.33. The molecule has 1 aliphatic rings. The quantitative estimate of drug-likeness (QED) is 0.526. The van der Waals surface area contributed by atoms with E-state index in [9.17, 15) is 14.0 Å². The van der Waals surface area contributed by atoms with Crippen LogP contribution in [0, 0.1) is 5.82 Å². The Morgan fingerprint density at radius 3 is 2.72 bits per heavy atom. The summed E-state index contributed by atoms with van der Waals surface area (Å²) in [7, 11) is 1.45. The Hall–Kier alpha value is -3.68. The Balaban J connectivity index is 1.94. The molecule has 0 aromatic heterocycles. The summed E-state index contributed by atoms with van der Waals surface area (Å²) in [6.45, 7) is 1.58. The number of hydrogen-bond donors (Lipinski definition) is 0. The molecule has 1 aliphatic heterocycles. The Bertz CT molecular complexity index is 998. The first-order valence-corrected chi connectivity index (χ1v) is 8.76. The molecule has 0 aliphatic carbocycles. The van der Waals surface area contributed by atoms with Gasteiger partial charge in [-0.3, -0.25) is 0 Å². The van der Waals surface area contributed by atoms with Crippen molar-refractivity contribution in [2.24, 2.45) is 4.99 Å². The topological polar surface area (TPSA) is 83.4 Å². The van der Waals surface area contributed by atoms with Gasteiger partial charge < -0.3 is 18.9 Å². The molecule has 1 heterocycles. The lowest BCUT2D eigenvalue weighted by Crippen LogP contribution is -2.15. The molecule has 2 aromatic carbocycles. The first-order chi connectivity index (χ1) is 14.0. The predicted octanol–water partition coefficient (Wildman–Crippen LogP) is 3.12. The van der Waals surface area contributed by atoms with E-state index < -0.39 is 17.8 Å². The predicted molar refractivity (Wildman–Crippen MR) is 102 cm³/mol. The molecule has 0 fully saturated rings. The van der Waals surface area contributed by atoms with E-state index in [2.05, 4.69) is 4.99 Å². The van der Waals surface area contributed by atoms with Gasteiger partial charge in [-0.25, -0.2) is 19.0 Å². The van der Waals surface area contributed by atoms with Gasteiger partial charge in [-0.15, -0.1) is 0 Å². The largest absolute Gasteiger partial charge is 0.493 e. The first-order valence-electron chi connectivity index (χ1n) is 8.76. The molecular formula is C21H18FNO6. The minimum Gasteiger partial charge on any atom is -0.493 e. The molecule has 8 heteroatoms. The van der Waals surface area contributed by atoms with Crippen LogP contribution < -0.4 is 9.47 Å². The van der Waals surface area contributed by atoms with Gasteiger partial charge in [0.1, 0.15) is 5.82 Å². The third-order valence-electron chi connectivity index (χ3n) is 3.89. The smallest absolute Gasteiger partial charge is 0.363 e. The number of methoxy groups -OCH3 is 1. The van der Waals surface area contributed by atoms with E-state index in [4.69, 9.17) is 18.9 Å². The summed E-state index contributed by atoms with van der Waals surface area (Å²) >= 11 is 0. The number of esters is 2. The third kappa shape index (κ3) is 4.60. The second-order valence-electron chi connectivity index (χ2n) is 5.79. The van der Waals surface area contributed by atoms with Gasteiger partial charge in [0.2, 0.25) is 5.90 Å². The second kappa shape index (κ2) is 9.01. The van der Waals surface area contributed by atoms with Crippen LogP contribution in [-0.2, 0) is 19.1 Å². The average molecular weight is 399 g/mol. The number of nitrogens with zero attached hydrogens (tertiary/aromatic N) is 1. The monoisotopic (exact) mass is 399 g/mol. The van der Waals surface area contributed by atoms with Gasteiger partial charge >= 0.3 is 11.9 Å². The van der Waals surface area contributed by atoms with Gasteiger partial charge in [-0.2, -0.15) is 0 Å². The lowest BCUT2D eigenvalue weighted by Gasteiger charge is -2.12. The van der Waals surface area contributed by atoms with E-state index in [1.807, 2.05) is 0 Å². The fourth-order valence-electron chi connectivity index (χ4n) is 2.60. The molecule has 3 rings (SSSR count). The number of carbonyl (C=O) groups excluding carboxylic acids is 2. The van der Waals surface area contributed by atoms with Crippen LogP contribution in [0.15, 0.2) is 53.2 Å². The molecule has 29 heavy (non-hydrogen) atoms. The van der Waals surface area contributed by atoms with Gasteiger partial charge in [0, 0.05) is 5.56 Å². The van der Waals surface area contributed by atoms with E-state index in [0.717, 1.165) is 0 Å². The number of halogens is 1. The van der Waals surface area contributed by atoms with Crippen LogP contribution in [-0.4, -0.2) is 38.2 Å². The van der Waals surface area contributed by atoms with Crippen LogP contribution in [0.4, 0.5) is 4.39 Å². The summed E-state index contributed by atoms with van der Waals surface area (Å²) in [4.78, 5) is 27.9. The SMILES string of the molecule is CCOC(=O)COc1c(C=C2N=C(c3ccccc3F)OC2=O)cccc1OC. The standard InChI is InChI=1S/C21H18FNO6/c1-3-27-18(24)12-28-19-13(7-6-10-17(19)26-2)11-16-21(25)29-20(23-16)14-8-4-5-9-15(14)22/h4-11H,3,12H2,1-2H3. The maximum atomic E-state index is 14.0. The number of ether oxygens (including phenoxy) is 4. The molecule has 0 saturated carbocycles. The van der Waals surface area contributed by atoms with Crippen LogP contribution in [0.2, 0.25) is 0 Å². The number of hydrogen-bond acceptors (Lipinski definition) is 7.